The summed E-state index contributed by atoms with van der Waals surface area (Å²) < 4.78 is 0. The van der Waals surface area contributed by atoms with Crippen molar-refractivity contribution >= 4 is 11.7 Å². The van der Waals surface area contributed by atoms with Crippen LogP contribution in [0.3, 0.4) is 0 Å². The number of hydrogen-bond acceptors (Lipinski definition) is 5. The second-order valence-corrected chi connectivity index (χ2v) is 6.94. The molecular weight excluding hydrogens is 302 g/mol. The molecule has 6 nitrogen and oxygen atoms in total. The van der Waals surface area contributed by atoms with Gasteiger partial charge in [0.1, 0.15) is 5.82 Å². The van der Waals surface area contributed by atoms with Crippen LogP contribution in [0.5, 0.6) is 0 Å². The molecule has 2 unspecified atom stereocenters. The second kappa shape index (κ2) is 8.44. The summed E-state index contributed by atoms with van der Waals surface area (Å²) in [6.07, 6.45) is 6.77. The third-order valence-electron chi connectivity index (χ3n) is 5.10. The molecule has 24 heavy (non-hydrogen) atoms. The summed E-state index contributed by atoms with van der Waals surface area (Å²) in [6.45, 7) is 4.51. The molecule has 2 aliphatic rings. The molecule has 1 aromatic rings. The first kappa shape index (κ1) is 17.2. The molecule has 1 aromatic heterocycles. The van der Waals surface area contributed by atoms with Gasteiger partial charge in [-0.3, -0.25) is 4.79 Å². The van der Waals surface area contributed by atoms with Crippen LogP contribution >= 0.6 is 0 Å². The van der Waals surface area contributed by atoms with Crippen molar-refractivity contribution in [1.29, 1.82) is 0 Å². The van der Waals surface area contributed by atoms with Crippen molar-refractivity contribution in [1.82, 2.24) is 15.6 Å². The molecule has 1 saturated heterocycles. The number of nitrogens with two attached hydrogens (primary N) is 1. The number of carbonyl (C=O) groups excluding carboxylic acids is 1. The molecule has 1 aliphatic carbocycles. The van der Waals surface area contributed by atoms with Gasteiger partial charge < -0.3 is 21.3 Å². The van der Waals surface area contributed by atoms with Gasteiger partial charge >= 0.3 is 0 Å². The zero-order chi connectivity index (χ0) is 16.8. The number of rotatable bonds is 4. The van der Waals surface area contributed by atoms with Crippen molar-refractivity contribution in [3.05, 3.63) is 23.9 Å². The minimum absolute atomic E-state index is 0.119. The number of pyridine rings is 1. The van der Waals surface area contributed by atoms with E-state index in [0.717, 1.165) is 69.7 Å². The van der Waals surface area contributed by atoms with Gasteiger partial charge in [0.2, 0.25) is 5.91 Å². The van der Waals surface area contributed by atoms with Crippen molar-refractivity contribution in [3.8, 4) is 0 Å². The fourth-order valence-corrected chi connectivity index (χ4v) is 3.56. The monoisotopic (exact) mass is 331 g/mol. The topological polar surface area (TPSA) is 83.3 Å². The SMILES string of the molecule is NC1CCCC(C(=O)NCc2ccnc(N3CCNCC3)c2)CC1. The molecule has 1 saturated carbocycles. The lowest BCUT2D eigenvalue weighted by molar-refractivity contribution is -0.125. The van der Waals surface area contributed by atoms with Crippen LogP contribution in [0.2, 0.25) is 0 Å². The highest BCUT2D eigenvalue weighted by Gasteiger charge is 2.22. The number of hydrogen-bond donors (Lipinski definition) is 3. The number of carbonyl (C=O) groups is 1. The van der Waals surface area contributed by atoms with Crippen molar-refractivity contribution < 1.29 is 4.79 Å². The van der Waals surface area contributed by atoms with Crippen LogP contribution in [0.1, 0.15) is 37.7 Å². The van der Waals surface area contributed by atoms with E-state index in [0.29, 0.717) is 6.54 Å². The Labute approximate surface area is 144 Å². The van der Waals surface area contributed by atoms with Crippen LogP contribution in [0.4, 0.5) is 5.82 Å². The minimum atomic E-state index is 0.119. The third-order valence-corrected chi connectivity index (χ3v) is 5.10. The minimum Gasteiger partial charge on any atom is -0.354 e. The largest absolute Gasteiger partial charge is 0.354 e. The van der Waals surface area contributed by atoms with E-state index in [1.165, 1.54) is 0 Å². The molecule has 2 fully saturated rings. The van der Waals surface area contributed by atoms with Crippen LogP contribution < -0.4 is 21.3 Å². The van der Waals surface area contributed by atoms with Crippen LogP contribution in [-0.2, 0) is 11.3 Å². The Morgan fingerprint density at radius 2 is 2.12 bits per heavy atom. The zero-order valence-electron chi connectivity index (χ0n) is 14.3. The van der Waals surface area contributed by atoms with E-state index in [2.05, 4.69) is 26.6 Å². The van der Waals surface area contributed by atoms with Crippen molar-refractivity contribution in [2.45, 2.75) is 44.7 Å². The lowest BCUT2D eigenvalue weighted by Gasteiger charge is -2.28. The van der Waals surface area contributed by atoms with E-state index in [-0.39, 0.29) is 17.9 Å². The van der Waals surface area contributed by atoms with Crippen LogP contribution in [0, 0.1) is 5.92 Å². The smallest absolute Gasteiger partial charge is 0.223 e. The molecule has 0 radical (unpaired) electrons. The Morgan fingerprint density at radius 1 is 1.29 bits per heavy atom. The zero-order valence-corrected chi connectivity index (χ0v) is 14.3. The van der Waals surface area contributed by atoms with Gasteiger partial charge in [-0.2, -0.15) is 0 Å². The molecule has 1 aliphatic heterocycles. The van der Waals surface area contributed by atoms with Gasteiger partial charge in [0.15, 0.2) is 0 Å². The highest BCUT2D eigenvalue weighted by Crippen LogP contribution is 2.22. The fraction of sp³-hybridized carbons (Fsp3) is 0.667. The summed E-state index contributed by atoms with van der Waals surface area (Å²) in [7, 11) is 0. The quantitative estimate of drug-likeness (QED) is 0.718. The summed E-state index contributed by atoms with van der Waals surface area (Å²) in [5.74, 6) is 1.29. The Bertz CT molecular complexity index is 544. The van der Waals surface area contributed by atoms with E-state index < -0.39 is 0 Å². The molecule has 2 heterocycles. The van der Waals surface area contributed by atoms with Gasteiger partial charge in [0.25, 0.3) is 0 Å². The Balaban J connectivity index is 1.53. The summed E-state index contributed by atoms with van der Waals surface area (Å²) in [6, 6.07) is 4.34. The highest BCUT2D eigenvalue weighted by molar-refractivity contribution is 5.78. The van der Waals surface area contributed by atoms with Gasteiger partial charge in [0.05, 0.1) is 0 Å². The molecule has 1 amide bonds. The van der Waals surface area contributed by atoms with E-state index in [1.807, 2.05) is 12.3 Å². The number of nitrogens with zero attached hydrogens (tertiary/aromatic N) is 2. The Hall–Kier alpha value is -1.66. The lowest BCUT2D eigenvalue weighted by atomic mass is 9.99. The fourth-order valence-electron chi connectivity index (χ4n) is 3.56. The Morgan fingerprint density at radius 3 is 2.96 bits per heavy atom. The lowest BCUT2D eigenvalue weighted by Crippen LogP contribution is -2.43. The van der Waals surface area contributed by atoms with Crippen LogP contribution in [0.25, 0.3) is 0 Å². The predicted octanol–water partition coefficient (Wildman–Crippen LogP) is 1.02. The second-order valence-electron chi connectivity index (χ2n) is 6.94. The van der Waals surface area contributed by atoms with Crippen LogP contribution in [0.15, 0.2) is 18.3 Å². The van der Waals surface area contributed by atoms with E-state index in [9.17, 15) is 4.79 Å². The number of nitrogens with one attached hydrogen (secondary N) is 2. The number of aromatic nitrogens is 1. The first-order chi connectivity index (χ1) is 11.7. The normalized spacial score (nSPS) is 25.1. The predicted molar refractivity (Wildman–Crippen MR) is 95.7 cm³/mol. The van der Waals surface area contributed by atoms with Crippen LogP contribution in [-0.4, -0.2) is 43.1 Å². The first-order valence-corrected chi connectivity index (χ1v) is 9.16. The van der Waals surface area contributed by atoms with Gasteiger partial charge in [-0.15, -0.1) is 0 Å². The maximum absolute atomic E-state index is 12.4. The number of anilines is 1. The van der Waals surface area contributed by atoms with Crippen molar-refractivity contribution in [3.63, 3.8) is 0 Å². The van der Waals surface area contributed by atoms with Gasteiger partial charge in [-0.25, -0.2) is 4.98 Å². The van der Waals surface area contributed by atoms with E-state index in [4.69, 9.17) is 5.73 Å². The van der Waals surface area contributed by atoms with Crippen molar-refractivity contribution in [2.75, 3.05) is 31.1 Å². The summed E-state index contributed by atoms with van der Waals surface area (Å²) >= 11 is 0. The number of amides is 1. The summed E-state index contributed by atoms with van der Waals surface area (Å²) in [4.78, 5) is 19.2. The maximum atomic E-state index is 12.4. The first-order valence-electron chi connectivity index (χ1n) is 9.16. The van der Waals surface area contributed by atoms with Gasteiger partial charge in [-0.1, -0.05) is 6.42 Å². The number of piperazine rings is 1. The molecule has 4 N–H and O–H groups in total. The average molecular weight is 331 g/mol. The van der Waals surface area contributed by atoms with Gasteiger partial charge in [-0.05, 0) is 43.4 Å². The molecule has 2 atom stereocenters. The highest BCUT2D eigenvalue weighted by atomic mass is 16.1. The maximum Gasteiger partial charge on any atom is 0.223 e. The van der Waals surface area contributed by atoms with Gasteiger partial charge in [0, 0.05) is 50.9 Å². The molecular formula is C18H29N5O. The molecule has 3 rings (SSSR count). The molecule has 0 bridgehead atoms. The van der Waals surface area contributed by atoms with Crippen molar-refractivity contribution in [2.24, 2.45) is 11.7 Å². The third kappa shape index (κ3) is 4.68. The van der Waals surface area contributed by atoms with E-state index >= 15 is 0 Å². The average Bonchev–Trinajstić information content (AvgIpc) is 2.85. The molecule has 6 heteroatoms. The molecule has 0 aromatic carbocycles. The summed E-state index contributed by atoms with van der Waals surface area (Å²) in [5.41, 5.74) is 7.11. The molecule has 132 valence electrons. The summed E-state index contributed by atoms with van der Waals surface area (Å²) in [5, 5.41) is 6.45. The molecule has 0 spiro atoms. The van der Waals surface area contributed by atoms with E-state index in [1.54, 1.807) is 0 Å². The standard InChI is InChI=1S/C18H29N5O/c19-16-3-1-2-15(4-5-16)18(24)22-13-14-6-7-21-17(12-14)23-10-8-20-9-11-23/h6-7,12,15-16,20H,1-5,8-11,13,19H2,(H,22,24). The Kier molecular flexibility index (Phi) is 6.04.